The second-order valence-electron chi connectivity index (χ2n) is 6.43. The maximum Gasteiger partial charge on any atom is 0.241 e. The van der Waals surface area contributed by atoms with Gasteiger partial charge in [-0.1, -0.05) is 19.9 Å². The summed E-state index contributed by atoms with van der Waals surface area (Å²) in [7, 11) is -3.65. The monoisotopic (exact) mass is 403 g/mol. The van der Waals surface area contributed by atoms with Crippen LogP contribution in [0, 0.1) is 6.92 Å². The first-order valence-electron chi connectivity index (χ1n) is 9.08. The Morgan fingerprint density at radius 1 is 1.19 bits per heavy atom. The number of nitrogens with one attached hydrogen (secondary N) is 1. The minimum Gasteiger partial charge on any atom is -0.296 e. The van der Waals surface area contributed by atoms with Gasteiger partial charge in [0.25, 0.3) is 0 Å². The summed E-state index contributed by atoms with van der Waals surface area (Å²) in [6.07, 6.45) is 1.69. The lowest BCUT2D eigenvalue weighted by Gasteiger charge is -2.29. The summed E-state index contributed by atoms with van der Waals surface area (Å²) in [5.74, 6) is 0. The van der Waals surface area contributed by atoms with E-state index in [1.54, 1.807) is 29.7 Å². The molecule has 0 aliphatic carbocycles. The van der Waals surface area contributed by atoms with Gasteiger partial charge >= 0.3 is 0 Å². The van der Waals surface area contributed by atoms with Crippen molar-refractivity contribution in [1.29, 1.82) is 0 Å². The fraction of sp³-hybridized carbons (Fsp3) is 0.350. The third kappa shape index (κ3) is 4.21. The lowest BCUT2D eigenvalue weighted by molar-refractivity contribution is 0.220. The van der Waals surface area contributed by atoms with Crippen molar-refractivity contribution in [3.63, 3.8) is 0 Å². The van der Waals surface area contributed by atoms with Crippen LogP contribution in [0.4, 0.5) is 0 Å². The van der Waals surface area contributed by atoms with Gasteiger partial charge in [-0.3, -0.25) is 9.88 Å². The number of hydrogen-bond acceptors (Lipinski definition) is 5. The van der Waals surface area contributed by atoms with Crippen molar-refractivity contribution in [2.45, 2.75) is 31.7 Å². The highest BCUT2D eigenvalue weighted by Crippen LogP contribution is 2.26. The van der Waals surface area contributed by atoms with Gasteiger partial charge in [-0.25, -0.2) is 13.1 Å². The minimum atomic E-state index is -3.65. The maximum absolute atomic E-state index is 13.1. The summed E-state index contributed by atoms with van der Waals surface area (Å²) in [5, 5.41) is 4.77. The molecule has 2 heterocycles. The van der Waals surface area contributed by atoms with E-state index in [2.05, 4.69) is 39.9 Å². The third-order valence-electron chi connectivity index (χ3n) is 4.87. The number of aryl methyl sites for hydroxylation is 1. The number of likely N-dealkylation sites (N-methyl/N-ethyl adjacent to an activating group) is 1. The highest BCUT2D eigenvalue weighted by Gasteiger charge is 2.23. The van der Waals surface area contributed by atoms with Gasteiger partial charge in [0, 0.05) is 24.2 Å². The van der Waals surface area contributed by atoms with Crippen molar-refractivity contribution in [2.24, 2.45) is 0 Å². The average molecular weight is 404 g/mol. The lowest BCUT2D eigenvalue weighted by Crippen LogP contribution is -2.38. The predicted molar refractivity (Wildman–Crippen MR) is 112 cm³/mol. The summed E-state index contributed by atoms with van der Waals surface area (Å²) >= 11 is 1.63. The molecule has 0 amide bonds. The molecule has 3 aromatic rings. The summed E-state index contributed by atoms with van der Waals surface area (Å²) in [5.41, 5.74) is 2.82. The van der Waals surface area contributed by atoms with Gasteiger partial charge in [0.15, 0.2) is 0 Å². The molecular weight excluding hydrogens is 378 g/mol. The highest BCUT2D eigenvalue weighted by atomic mass is 32.2. The number of hydrogen-bond donors (Lipinski definition) is 1. The van der Waals surface area contributed by atoms with Gasteiger partial charge in [0.1, 0.15) is 0 Å². The van der Waals surface area contributed by atoms with E-state index >= 15 is 0 Å². The first kappa shape index (κ1) is 19.9. The molecule has 0 radical (unpaired) electrons. The number of aromatic nitrogens is 1. The van der Waals surface area contributed by atoms with Crippen LogP contribution in [0.1, 0.15) is 31.0 Å². The van der Waals surface area contributed by atoms with Crippen LogP contribution in [-0.4, -0.2) is 37.9 Å². The van der Waals surface area contributed by atoms with Gasteiger partial charge in [-0.15, -0.1) is 0 Å². The van der Waals surface area contributed by atoms with Crippen LogP contribution in [-0.2, 0) is 10.0 Å². The number of benzene rings is 1. The molecule has 0 aliphatic heterocycles. The second-order valence-corrected chi connectivity index (χ2v) is 8.94. The quantitative estimate of drug-likeness (QED) is 0.618. The average Bonchev–Trinajstić information content (AvgIpc) is 3.20. The van der Waals surface area contributed by atoms with Gasteiger partial charge in [0.2, 0.25) is 10.0 Å². The molecule has 2 aromatic heterocycles. The first-order valence-corrected chi connectivity index (χ1v) is 11.5. The Balaban J connectivity index is 1.91. The molecule has 0 bridgehead atoms. The molecule has 1 N–H and O–H groups in total. The SMILES string of the molecule is CCN(CC)[C@H](CNS(=O)(=O)c1ccc(C)c2ncccc12)c1ccsc1. The van der Waals surface area contributed by atoms with E-state index in [0.29, 0.717) is 11.9 Å². The Morgan fingerprint density at radius 2 is 1.96 bits per heavy atom. The molecule has 0 unspecified atom stereocenters. The normalized spacial score (nSPS) is 13.3. The van der Waals surface area contributed by atoms with Crippen LogP contribution >= 0.6 is 11.3 Å². The number of rotatable bonds is 8. The Morgan fingerprint density at radius 3 is 2.63 bits per heavy atom. The summed E-state index contributed by atoms with van der Waals surface area (Å²) in [4.78, 5) is 6.89. The van der Waals surface area contributed by atoms with E-state index < -0.39 is 10.0 Å². The Kier molecular flexibility index (Phi) is 6.26. The molecule has 0 saturated heterocycles. The largest absolute Gasteiger partial charge is 0.296 e. The first-order chi connectivity index (χ1) is 13.0. The van der Waals surface area contributed by atoms with Gasteiger partial charge in [-0.2, -0.15) is 11.3 Å². The van der Waals surface area contributed by atoms with Crippen molar-refractivity contribution in [2.75, 3.05) is 19.6 Å². The predicted octanol–water partition coefficient (Wildman–Crippen LogP) is 3.97. The van der Waals surface area contributed by atoms with Crippen LogP contribution in [0.2, 0.25) is 0 Å². The number of thiophene rings is 1. The van der Waals surface area contributed by atoms with Crippen LogP contribution < -0.4 is 4.72 Å². The zero-order valence-corrected chi connectivity index (χ0v) is 17.5. The van der Waals surface area contributed by atoms with Gasteiger partial charge < -0.3 is 0 Å². The smallest absolute Gasteiger partial charge is 0.241 e. The molecule has 0 fully saturated rings. The van der Waals surface area contributed by atoms with Crippen LogP contribution in [0.3, 0.4) is 0 Å². The zero-order chi connectivity index (χ0) is 19.4. The van der Waals surface area contributed by atoms with Crippen LogP contribution in [0.15, 0.2) is 52.2 Å². The fourth-order valence-corrected chi connectivity index (χ4v) is 5.32. The van der Waals surface area contributed by atoms with Crippen molar-refractivity contribution in [1.82, 2.24) is 14.6 Å². The van der Waals surface area contributed by atoms with E-state index in [4.69, 9.17) is 0 Å². The van der Waals surface area contributed by atoms with Crippen molar-refractivity contribution in [3.8, 4) is 0 Å². The molecule has 1 aromatic carbocycles. The number of sulfonamides is 1. The van der Waals surface area contributed by atoms with E-state index in [9.17, 15) is 8.42 Å². The molecule has 0 saturated carbocycles. The number of fused-ring (bicyclic) bond motifs is 1. The molecule has 0 aliphatic rings. The van der Waals surface area contributed by atoms with Gasteiger partial charge in [-0.05, 0) is 66.2 Å². The molecule has 27 heavy (non-hydrogen) atoms. The second kappa shape index (κ2) is 8.48. The molecule has 1 atom stereocenters. The van der Waals surface area contributed by atoms with Crippen molar-refractivity contribution in [3.05, 3.63) is 58.4 Å². The number of nitrogens with zero attached hydrogens (tertiary/aromatic N) is 2. The Hall–Kier alpha value is -1.80. The van der Waals surface area contributed by atoms with E-state index in [1.807, 2.05) is 24.4 Å². The summed E-state index contributed by atoms with van der Waals surface area (Å²) in [6.45, 7) is 8.17. The highest BCUT2D eigenvalue weighted by molar-refractivity contribution is 7.89. The molecule has 0 spiro atoms. The lowest BCUT2D eigenvalue weighted by atomic mass is 10.1. The number of pyridine rings is 1. The topological polar surface area (TPSA) is 62.3 Å². The maximum atomic E-state index is 13.1. The van der Waals surface area contributed by atoms with E-state index in [1.165, 1.54) is 0 Å². The van der Waals surface area contributed by atoms with Crippen LogP contribution in [0.25, 0.3) is 10.9 Å². The van der Waals surface area contributed by atoms with Crippen molar-refractivity contribution >= 4 is 32.3 Å². The molecule has 3 rings (SSSR count). The Labute approximate surface area is 165 Å². The van der Waals surface area contributed by atoms with E-state index in [-0.39, 0.29) is 10.9 Å². The third-order valence-corrected chi connectivity index (χ3v) is 7.05. The molecular formula is C20H25N3O2S2. The molecule has 5 nitrogen and oxygen atoms in total. The zero-order valence-electron chi connectivity index (χ0n) is 15.8. The van der Waals surface area contributed by atoms with Crippen LogP contribution in [0.5, 0.6) is 0 Å². The minimum absolute atomic E-state index is 0.0101. The molecule has 7 heteroatoms. The van der Waals surface area contributed by atoms with Gasteiger partial charge in [0.05, 0.1) is 10.4 Å². The van der Waals surface area contributed by atoms with Crippen molar-refractivity contribution < 1.29 is 8.42 Å². The molecule has 144 valence electrons. The summed E-state index contributed by atoms with van der Waals surface area (Å²) in [6, 6.07) is 9.13. The fourth-order valence-electron chi connectivity index (χ4n) is 3.38. The Bertz CT molecular complexity index is 997. The standard InChI is InChI=1S/C20H25N3O2S2/c1-4-23(5-2)18(16-10-12-26-14-16)13-22-27(24,25)19-9-8-15(3)20-17(19)7-6-11-21-20/h6-12,14,18,22H,4-5,13H2,1-3H3/t18-/m1/s1. The van der Waals surface area contributed by atoms with E-state index in [0.717, 1.165) is 29.7 Å². The summed E-state index contributed by atoms with van der Waals surface area (Å²) < 4.78 is 29.0.